The lowest BCUT2D eigenvalue weighted by Crippen LogP contribution is -2.12. The summed E-state index contributed by atoms with van der Waals surface area (Å²) < 4.78 is 4.78. The standard InChI is InChI=1S/C15H19N3O2S/c1-15(2,3)11-8-21-14(17-11)18-12-9(13(19)20-4)6-5-7-10(12)16/h5-8H,16H2,1-4H3,(H,17,18). The molecule has 0 spiro atoms. The number of benzene rings is 1. The molecular weight excluding hydrogens is 286 g/mol. The van der Waals surface area contributed by atoms with Crippen molar-refractivity contribution in [1.29, 1.82) is 0 Å². The molecule has 0 aliphatic rings. The molecule has 5 nitrogen and oxygen atoms in total. The second-order valence-corrected chi connectivity index (χ2v) is 6.53. The van der Waals surface area contributed by atoms with Crippen molar-refractivity contribution in [2.24, 2.45) is 0 Å². The first-order valence-electron chi connectivity index (χ1n) is 6.52. The summed E-state index contributed by atoms with van der Waals surface area (Å²) in [6.45, 7) is 6.30. The van der Waals surface area contributed by atoms with Crippen LogP contribution in [0.3, 0.4) is 0 Å². The van der Waals surface area contributed by atoms with Gasteiger partial charge in [-0.1, -0.05) is 26.8 Å². The molecule has 0 radical (unpaired) electrons. The molecule has 1 aromatic heterocycles. The minimum Gasteiger partial charge on any atom is -0.465 e. The summed E-state index contributed by atoms with van der Waals surface area (Å²) in [7, 11) is 1.34. The quantitative estimate of drug-likeness (QED) is 0.670. The van der Waals surface area contributed by atoms with Crippen molar-refractivity contribution in [2.45, 2.75) is 26.2 Å². The first kappa shape index (κ1) is 15.3. The summed E-state index contributed by atoms with van der Waals surface area (Å²) in [6, 6.07) is 5.12. The lowest BCUT2D eigenvalue weighted by molar-refractivity contribution is 0.0602. The molecule has 2 aromatic rings. The maximum Gasteiger partial charge on any atom is 0.340 e. The van der Waals surface area contributed by atoms with Crippen molar-refractivity contribution in [3.05, 3.63) is 34.8 Å². The molecule has 112 valence electrons. The highest BCUT2D eigenvalue weighted by Crippen LogP contribution is 2.32. The Bertz CT molecular complexity index is 659. The molecule has 6 heteroatoms. The van der Waals surface area contributed by atoms with E-state index in [1.165, 1.54) is 18.4 Å². The molecule has 0 bridgehead atoms. The van der Waals surface area contributed by atoms with E-state index >= 15 is 0 Å². The van der Waals surface area contributed by atoms with E-state index in [0.717, 1.165) is 5.69 Å². The number of para-hydroxylation sites is 1. The number of nitrogens with one attached hydrogen (secondary N) is 1. The van der Waals surface area contributed by atoms with Gasteiger partial charge >= 0.3 is 5.97 Å². The predicted molar refractivity (Wildman–Crippen MR) is 86.3 cm³/mol. The molecule has 2 rings (SSSR count). The van der Waals surface area contributed by atoms with E-state index < -0.39 is 5.97 Å². The van der Waals surface area contributed by atoms with Crippen LogP contribution in [-0.4, -0.2) is 18.1 Å². The molecule has 0 amide bonds. The number of nitrogen functional groups attached to an aromatic ring is 1. The third kappa shape index (κ3) is 3.33. The van der Waals surface area contributed by atoms with Gasteiger partial charge in [0.25, 0.3) is 0 Å². The van der Waals surface area contributed by atoms with E-state index in [2.05, 4.69) is 31.1 Å². The van der Waals surface area contributed by atoms with Gasteiger partial charge in [-0.15, -0.1) is 11.3 Å². The Morgan fingerprint density at radius 2 is 2.10 bits per heavy atom. The highest BCUT2D eigenvalue weighted by Gasteiger charge is 2.19. The minimum atomic E-state index is -0.433. The Balaban J connectivity index is 2.35. The van der Waals surface area contributed by atoms with Crippen LogP contribution >= 0.6 is 11.3 Å². The van der Waals surface area contributed by atoms with Gasteiger partial charge < -0.3 is 15.8 Å². The van der Waals surface area contributed by atoms with Crippen LogP contribution in [0.2, 0.25) is 0 Å². The van der Waals surface area contributed by atoms with Gasteiger partial charge in [0.05, 0.1) is 29.7 Å². The average Bonchev–Trinajstić information content (AvgIpc) is 2.89. The Morgan fingerprint density at radius 1 is 1.38 bits per heavy atom. The van der Waals surface area contributed by atoms with Gasteiger partial charge in [0.15, 0.2) is 5.13 Å². The van der Waals surface area contributed by atoms with Gasteiger partial charge in [-0.05, 0) is 12.1 Å². The molecule has 0 saturated carbocycles. The molecule has 0 unspecified atom stereocenters. The van der Waals surface area contributed by atoms with Crippen molar-refractivity contribution < 1.29 is 9.53 Å². The Morgan fingerprint density at radius 3 is 2.67 bits per heavy atom. The fraction of sp³-hybridized carbons (Fsp3) is 0.333. The Hall–Kier alpha value is -2.08. The monoisotopic (exact) mass is 305 g/mol. The van der Waals surface area contributed by atoms with Crippen molar-refractivity contribution >= 4 is 33.8 Å². The minimum absolute atomic E-state index is 0.0240. The number of hydrogen-bond donors (Lipinski definition) is 2. The number of carbonyl (C=O) groups excluding carboxylic acids is 1. The second kappa shape index (κ2) is 5.73. The number of hydrogen-bond acceptors (Lipinski definition) is 6. The number of carbonyl (C=O) groups is 1. The summed E-state index contributed by atoms with van der Waals surface area (Å²) in [6.07, 6.45) is 0. The van der Waals surface area contributed by atoms with Crippen LogP contribution in [0, 0.1) is 0 Å². The molecule has 21 heavy (non-hydrogen) atoms. The molecule has 1 heterocycles. The van der Waals surface area contributed by atoms with Crippen molar-refractivity contribution in [3.63, 3.8) is 0 Å². The molecule has 0 atom stereocenters. The Kier molecular flexibility index (Phi) is 4.18. The van der Waals surface area contributed by atoms with Crippen LogP contribution in [0.1, 0.15) is 36.8 Å². The first-order chi connectivity index (χ1) is 9.82. The van der Waals surface area contributed by atoms with E-state index in [1.54, 1.807) is 18.2 Å². The summed E-state index contributed by atoms with van der Waals surface area (Å²) in [5.41, 5.74) is 8.32. The molecular formula is C15H19N3O2S. The molecule has 0 saturated heterocycles. The van der Waals surface area contributed by atoms with E-state index in [0.29, 0.717) is 22.1 Å². The van der Waals surface area contributed by atoms with Crippen molar-refractivity contribution in [1.82, 2.24) is 4.98 Å². The lowest BCUT2D eigenvalue weighted by atomic mass is 9.93. The zero-order chi connectivity index (χ0) is 15.6. The van der Waals surface area contributed by atoms with Crippen LogP contribution in [0.25, 0.3) is 0 Å². The number of methoxy groups -OCH3 is 1. The first-order valence-corrected chi connectivity index (χ1v) is 7.40. The van der Waals surface area contributed by atoms with Gasteiger partial charge in [-0.3, -0.25) is 0 Å². The van der Waals surface area contributed by atoms with Crippen molar-refractivity contribution in [3.8, 4) is 0 Å². The third-order valence-corrected chi connectivity index (χ3v) is 3.76. The van der Waals surface area contributed by atoms with Crippen LogP contribution in [-0.2, 0) is 10.2 Å². The average molecular weight is 305 g/mol. The van der Waals surface area contributed by atoms with E-state index in [4.69, 9.17) is 10.5 Å². The zero-order valence-corrected chi connectivity index (χ0v) is 13.4. The number of ether oxygens (including phenoxy) is 1. The number of nitrogens with two attached hydrogens (primary N) is 1. The number of anilines is 3. The fourth-order valence-electron chi connectivity index (χ4n) is 1.77. The summed E-state index contributed by atoms with van der Waals surface area (Å²) in [5.74, 6) is -0.433. The van der Waals surface area contributed by atoms with Gasteiger partial charge in [-0.25, -0.2) is 9.78 Å². The Labute approximate surface area is 128 Å². The van der Waals surface area contributed by atoms with Gasteiger partial charge in [-0.2, -0.15) is 0 Å². The zero-order valence-electron chi connectivity index (χ0n) is 12.6. The highest BCUT2D eigenvalue weighted by molar-refractivity contribution is 7.13. The van der Waals surface area contributed by atoms with Crippen LogP contribution in [0.4, 0.5) is 16.5 Å². The van der Waals surface area contributed by atoms with Gasteiger partial charge in [0.1, 0.15) is 0 Å². The number of aromatic nitrogens is 1. The number of thiazole rings is 1. The number of rotatable bonds is 3. The lowest BCUT2D eigenvalue weighted by Gasteiger charge is -2.14. The molecule has 1 aromatic carbocycles. The second-order valence-electron chi connectivity index (χ2n) is 5.67. The predicted octanol–water partition coefficient (Wildman–Crippen LogP) is 3.55. The van der Waals surface area contributed by atoms with E-state index in [9.17, 15) is 4.79 Å². The van der Waals surface area contributed by atoms with Crippen molar-refractivity contribution in [2.75, 3.05) is 18.2 Å². The fourth-order valence-corrected chi connectivity index (χ4v) is 2.71. The molecule has 0 aliphatic carbocycles. The molecule has 3 N–H and O–H groups in total. The number of esters is 1. The smallest absolute Gasteiger partial charge is 0.340 e. The summed E-state index contributed by atoms with van der Waals surface area (Å²) in [5, 5.41) is 5.83. The third-order valence-electron chi connectivity index (χ3n) is 3.01. The molecule has 0 aliphatic heterocycles. The topological polar surface area (TPSA) is 77.2 Å². The highest BCUT2D eigenvalue weighted by atomic mass is 32.1. The maximum atomic E-state index is 11.8. The normalized spacial score (nSPS) is 11.2. The van der Waals surface area contributed by atoms with Crippen LogP contribution < -0.4 is 11.1 Å². The summed E-state index contributed by atoms with van der Waals surface area (Å²) >= 11 is 1.48. The van der Waals surface area contributed by atoms with E-state index in [-0.39, 0.29) is 5.41 Å². The molecule has 0 fully saturated rings. The number of nitrogens with zero attached hydrogens (tertiary/aromatic N) is 1. The summed E-state index contributed by atoms with van der Waals surface area (Å²) in [4.78, 5) is 16.4. The van der Waals surface area contributed by atoms with Crippen LogP contribution in [0.5, 0.6) is 0 Å². The van der Waals surface area contributed by atoms with Gasteiger partial charge in [0, 0.05) is 10.8 Å². The largest absolute Gasteiger partial charge is 0.465 e. The SMILES string of the molecule is COC(=O)c1cccc(N)c1Nc1nc(C(C)(C)C)cs1. The van der Waals surface area contributed by atoms with Gasteiger partial charge in [0.2, 0.25) is 0 Å². The van der Waals surface area contributed by atoms with E-state index in [1.807, 2.05) is 5.38 Å². The van der Waals surface area contributed by atoms with Crippen LogP contribution in [0.15, 0.2) is 23.6 Å². The maximum absolute atomic E-state index is 11.8.